The molecular weight excluding hydrogens is 460 g/mol. The van der Waals surface area contributed by atoms with E-state index in [0.29, 0.717) is 29.5 Å². The average Bonchev–Trinajstić information content (AvgIpc) is 3.23. The second kappa shape index (κ2) is 10.4. The van der Waals surface area contributed by atoms with Crippen molar-refractivity contribution in [1.29, 1.82) is 0 Å². The molecule has 0 saturated carbocycles. The largest absolute Gasteiger partial charge is 0.492 e. The third-order valence-corrected chi connectivity index (χ3v) is 6.13. The van der Waals surface area contributed by atoms with E-state index < -0.39 is 5.76 Å². The smallest absolute Gasteiger partial charge is 0.417 e. The van der Waals surface area contributed by atoms with Crippen LogP contribution in [-0.4, -0.2) is 59.3 Å². The predicted molar refractivity (Wildman–Crippen MR) is 139 cm³/mol. The molecule has 0 amide bonds. The number of rotatable bonds is 8. The lowest BCUT2D eigenvalue weighted by Crippen LogP contribution is -2.38. The number of benzene rings is 2. The normalized spacial score (nSPS) is 14.2. The lowest BCUT2D eigenvalue weighted by molar-refractivity contribution is 0.0322. The molecule has 10 heteroatoms. The quantitative estimate of drug-likeness (QED) is 0.336. The summed E-state index contributed by atoms with van der Waals surface area (Å²) in [5.74, 6) is 1.56. The highest BCUT2D eigenvalue weighted by atomic mass is 16.5. The first-order valence-electron chi connectivity index (χ1n) is 12.0. The standard InChI is InChI=1S/C26H30N6O4/c1-16-12-20(13-17(2)23(16)35-11-8-32-6-9-34-10-7-32)29-25-27-15-18(3)24(31-25)28-19-4-5-22-21(14-19)30-26(33)36-22/h4-5,12-15H,6-11H2,1-3H3,(H,30,33)(H2,27,28,29,31). The highest BCUT2D eigenvalue weighted by molar-refractivity contribution is 5.78. The van der Waals surface area contributed by atoms with Gasteiger partial charge < -0.3 is 24.5 Å². The van der Waals surface area contributed by atoms with Crippen LogP contribution in [0.2, 0.25) is 0 Å². The Morgan fingerprint density at radius 1 is 1.03 bits per heavy atom. The van der Waals surface area contributed by atoms with Gasteiger partial charge in [0.1, 0.15) is 18.2 Å². The van der Waals surface area contributed by atoms with Crippen LogP contribution >= 0.6 is 0 Å². The number of oxazole rings is 1. The fourth-order valence-corrected chi connectivity index (χ4v) is 4.28. The molecule has 2 aromatic heterocycles. The molecule has 0 atom stereocenters. The van der Waals surface area contributed by atoms with Crippen molar-refractivity contribution in [3.8, 4) is 5.75 Å². The maximum absolute atomic E-state index is 11.4. The van der Waals surface area contributed by atoms with Crippen LogP contribution in [0.15, 0.2) is 45.7 Å². The SMILES string of the molecule is Cc1cnc(Nc2cc(C)c(OCCN3CCOCC3)c(C)c2)nc1Nc1ccc2oc(=O)[nH]c2c1. The lowest BCUT2D eigenvalue weighted by Gasteiger charge is -2.26. The van der Waals surface area contributed by atoms with Crippen molar-refractivity contribution in [1.82, 2.24) is 19.9 Å². The van der Waals surface area contributed by atoms with Crippen LogP contribution in [0, 0.1) is 20.8 Å². The number of hydrogen-bond donors (Lipinski definition) is 3. The summed E-state index contributed by atoms with van der Waals surface area (Å²) in [5, 5.41) is 6.60. The number of aromatic amines is 1. The molecule has 1 aliphatic rings. The minimum absolute atomic E-state index is 0.473. The summed E-state index contributed by atoms with van der Waals surface area (Å²) in [5.41, 5.74) is 5.77. The topological polar surface area (TPSA) is 118 Å². The van der Waals surface area contributed by atoms with Gasteiger partial charge in [-0.1, -0.05) is 0 Å². The number of morpholine rings is 1. The third kappa shape index (κ3) is 5.50. The number of aromatic nitrogens is 3. The van der Waals surface area contributed by atoms with Crippen molar-refractivity contribution in [2.24, 2.45) is 0 Å². The minimum atomic E-state index is -0.481. The van der Waals surface area contributed by atoms with E-state index in [0.717, 1.165) is 66.7 Å². The first-order valence-corrected chi connectivity index (χ1v) is 12.0. The predicted octanol–water partition coefficient (Wildman–Crippen LogP) is 4.03. The minimum Gasteiger partial charge on any atom is -0.492 e. The van der Waals surface area contributed by atoms with Gasteiger partial charge in [0, 0.05) is 42.8 Å². The number of fused-ring (bicyclic) bond motifs is 1. The molecule has 4 aromatic rings. The van der Waals surface area contributed by atoms with E-state index in [4.69, 9.17) is 13.9 Å². The van der Waals surface area contributed by atoms with E-state index in [9.17, 15) is 4.79 Å². The number of nitrogens with zero attached hydrogens (tertiary/aromatic N) is 3. The second-order valence-electron chi connectivity index (χ2n) is 8.94. The molecule has 1 aliphatic heterocycles. The average molecular weight is 491 g/mol. The third-order valence-electron chi connectivity index (χ3n) is 6.13. The Bertz CT molecular complexity index is 1400. The molecule has 5 rings (SSSR count). The highest BCUT2D eigenvalue weighted by Crippen LogP contribution is 2.29. The number of ether oxygens (including phenoxy) is 2. The van der Waals surface area contributed by atoms with Crippen LogP contribution in [0.4, 0.5) is 23.1 Å². The molecule has 3 N–H and O–H groups in total. The van der Waals surface area contributed by atoms with E-state index in [1.165, 1.54) is 0 Å². The molecule has 0 aliphatic carbocycles. The van der Waals surface area contributed by atoms with Gasteiger partial charge in [-0.15, -0.1) is 0 Å². The molecule has 3 heterocycles. The molecule has 188 valence electrons. The second-order valence-corrected chi connectivity index (χ2v) is 8.94. The van der Waals surface area contributed by atoms with E-state index in [2.05, 4.69) is 30.5 Å². The van der Waals surface area contributed by atoms with Crippen molar-refractivity contribution in [3.63, 3.8) is 0 Å². The van der Waals surface area contributed by atoms with Gasteiger partial charge in [-0.2, -0.15) is 4.98 Å². The van der Waals surface area contributed by atoms with E-state index in [1.54, 1.807) is 18.3 Å². The molecule has 0 radical (unpaired) electrons. The van der Waals surface area contributed by atoms with Crippen LogP contribution < -0.4 is 21.1 Å². The van der Waals surface area contributed by atoms with Crippen LogP contribution in [0.5, 0.6) is 5.75 Å². The number of nitrogens with one attached hydrogen (secondary N) is 3. The molecule has 0 bridgehead atoms. The van der Waals surface area contributed by atoms with Crippen LogP contribution in [0.25, 0.3) is 11.1 Å². The Labute approximate surface area is 208 Å². The van der Waals surface area contributed by atoms with Crippen molar-refractivity contribution in [2.75, 3.05) is 50.1 Å². The number of anilines is 4. The van der Waals surface area contributed by atoms with Crippen LogP contribution in [0.1, 0.15) is 16.7 Å². The van der Waals surface area contributed by atoms with Gasteiger partial charge in [0.2, 0.25) is 5.95 Å². The molecule has 0 unspecified atom stereocenters. The lowest BCUT2D eigenvalue weighted by atomic mass is 10.1. The van der Waals surface area contributed by atoms with Gasteiger partial charge in [0.15, 0.2) is 5.58 Å². The Morgan fingerprint density at radius 3 is 2.58 bits per heavy atom. The molecule has 10 nitrogen and oxygen atoms in total. The van der Waals surface area contributed by atoms with Crippen LogP contribution in [0.3, 0.4) is 0 Å². The Hall–Kier alpha value is -3.89. The first kappa shape index (κ1) is 23.8. The molecular formula is C26H30N6O4. The first-order chi connectivity index (χ1) is 17.4. The summed E-state index contributed by atoms with van der Waals surface area (Å²) in [6, 6.07) is 9.45. The highest BCUT2D eigenvalue weighted by Gasteiger charge is 2.13. The molecule has 0 spiro atoms. The van der Waals surface area contributed by atoms with E-state index in [-0.39, 0.29) is 0 Å². The van der Waals surface area contributed by atoms with Crippen LogP contribution in [-0.2, 0) is 4.74 Å². The van der Waals surface area contributed by atoms with Gasteiger partial charge >= 0.3 is 5.76 Å². The summed E-state index contributed by atoms with van der Waals surface area (Å²) < 4.78 is 16.6. The van der Waals surface area contributed by atoms with Crippen molar-refractivity contribution in [2.45, 2.75) is 20.8 Å². The monoisotopic (exact) mass is 490 g/mol. The zero-order chi connectivity index (χ0) is 25.1. The maximum atomic E-state index is 11.4. The van der Waals surface area contributed by atoms with Crippen molar-refractivity contribution >= 4 is 34.2 Å². The van der Waals surface area contributed by atoms with Gasteiger partial charge in [0.25, 0.3) is 0 Å². The Morgan fingerprint density at radius 2 is 1.81 bits per heavy atom. The zero-order valence-electron chi connectivity index (χ0n) is 20.7. The maximum Gasteiger partial charge on any atom is 0.417 e. The fraction of sp³-hybridized carbons (Fsp3) is 0.346. The molecule has 1 fully saturated rings. The van der Waals surface area contributed by atoms with Gasteiger partial charge in [-0.25, -0.2) is 9.78 Å². The van der Waals surface area contributed by atoms with Gasteiger partial charge in [-0.3, -0.25) is 9.88 Å². The molecule has 36 heavy (non-hydrogen) atoms. The molecule has 1 saturated heterocycles. The summed E-state index contributed by atoms with van der Waals surface area (Å²) in [6.07, 6.45) is 1.76. The Kier molecular flexibility index (Phi) is 6.88. The van der Waals surface area contributed by atoms with Crippen molar-refractivity contribution < 1.29 is 13.9 Å². The summed E-state index contributed by atoms with van der Waals surface area (Å²) in [6.45, 7) is 11.0. The number of aryl methyl sites for hydroxylation is 3. The van der Waals surface area contributed by atoms with E-state index in [1.807, 2.05) is 39.0 Å². The van der Waals surface area contributed by atoms with Gasteiger partial charge in [-0.05, 0) is 62.2 Å². The van der Waals surface area contributed by atoms with Crippen molar-refractivity contribution in [3.05, 3.63) is 63.8 Å². The summed E-state index contributed by atoms with van der Waals surface area (Å²) >= 11 is 0. The summed E-state index contributed by atoms with van der Waals surface area (Å²) in [4.78, 5) is 25.5. The number of hydrogen-bond acceptors (Lipinski definition) is 9. The van der Waals surface area contributed by atoms with Gasteiger partial charge in [0.05, 0.1) is 18.7 Å². The number of H-pyrrole nitrogens is 1. The van der Waals surface area contributed by atoms with E-state index >= 15 is 0 Å². The molecule has 2 aromatic carbocycles. The summed E-state index contributed by atoms with van der Waals surface area (Å²) in [7, 11) is 0. The fourth-order valence-electron chi connectivity index (χ4n) is 4.28. The zero-order valence-corrected chi connectivity index (χ0v) is 20.7. The Balaban J connectivity index is 1.26.